The first-order chi connectivity index (χ1) is 19.4. The summed E-state index contributed by atoms with van der Waals surface area (Å²) in [7, 11) is 3.91. The van der Waals surface area contributed by atoms with E-state index in [0.29, 0.717) is 35.1 Å². The van der Waals surface area contributed by atoms with Crippen LogP contribution in [-0.2, 0) is 11.2 Å². The van der Waals surface area contributed by atoms with E-state index in [9.17, 15) is 9.90 Å². The van der Waals surface area contributed by atoms with Gasteiger partial charge in [0.2, 0.25) is 5.91 Å². The lowest BCUT2D eigenvalue weighted by molar-refractivity contribution is -0.119. The molecule has 2 aliphatic rings. The van der Waals surface area contributed by atoms with E-state index in [1.807, 2.05) is 49.5 Å². The van der Waals surface area contributed by atoms with Gasteiger partial charge in [-0.05, 0) is 55.1 Å². The smallest absolute Gasteiger partial charge is 0.240 e. The first kappa shape index (κ1) is 26.4. The molecule has 6 rings (SSSR count). The third-order valence-electron chi connectivity index (χ3n) is 7.75. The maximum atomic E-state index is 13.0. The number of ether oxygens (including phenoxy) is 1. The number of nitrogens with one attached hydrogen (secondary N) is 1. The van der Waals surface area contributed by atoms with Gasteiger partial charge in [-0.25, -0.2) is 4.99 Å². The second-order valence-electron chi connectivity index (χ2n) is 10.5. The molecule has 8 nitrogen and oxygen atoms in total. The molecule has 0 atom stereocenters. The number of fused-ring (bicyclic) bond motifs is 2. The molecule has 4 aromatic rings. The molecule has 9 heteroatoms. The number of H-pyrrole nitrogens is 1. The number of benzene rings is 3. The highest BCUT2D eigenvalue weighted by molar-refractivity contribution is 6.31. The number of piperazine rings is 1. The van der Waals surface area contributed by atoms with E-state index < -0.39 is 0 Å². The van der Waals surface area contributed by atoms with Crippen molar-refractivity contribution in [3.05, 3.63) is 82.4 Å². The fraction of sp³-hybridized carbons (Fsp3) is 0.290. The molecule has 0 saturated carbocycles. The summed E-state index contributed by atoms with van der Waals surface area (Å²) in [6.07, 6.45) is 0.876. The zero-order chi connectivity index (χ0) is 27.8. The Labute approximate surface area is 238 Å². The second-order valence-corrected chi connectivity index (χ2v) is 10.9. The van der Waals surface area contributed by atoms with Gasteiger partial charge in [0.15, 0.2) is 5.88 Å². The monoisotopic (exact) mass is 557 g/mol. The number of aromatic nitrogens is 1. The first-order valence-corrected chi connectivity index (χ1v) is 13.9. The molecule has 1 amide bonds. The molecular weight excluding hydrogens is 526 g/mol. The number of carbonyl (C=O) groups is 1. The number of amides is 1. The van der Waals surface area contributed by atoms with Crippen molar-refractivity contribution in [3.8, 4) is 11.6 Å². The molecule has 2 aliphatic heterocycles. The van der Waals surface area contributed by atoms with Gasteiger partial charge in [-0.3, -0.25) is 9.69 Å². The Morgan fingerprint density at radius 1 is 1.07 bits per heavy atom. The molecule has 1 fully saturated rings. The van der Waals surface area contributed by atoms with E-state index >= 15 is 0 Å². The third kappa shape index (κ3) is 5.30. The molecule has 0 spiro atoms. The Hall–Kier alpha value is -3.85. The van der Waals surface area contributed by atoms with E-state index in [1.165, 1.54) is 0 Å². The lowest BCUT2D eigenvalue weighted by Gasteiger charge is -2.32. The van der Waals surface area contributed by atoms with Crippen molar-refractivity contribution < 1.29 is 14.6 Å². The van der Waals surface area contributed by atoms with Gasteiger partial charge in [0.25, 0.3) is 0 Å². The van der Waals surface area contributed by atoms with Crippen LogP contribution in [0.25, 0.3) is 10.9 Å². The van der Waals surface area contributed by atoms with Crippen molar-refractivity contribution in [1.82, 2.24) is 14.8 Å². The summed E-state index contributed by atoms with van der Waals surface area (Å²) in [5.41, 5.74) is 5.41. The fourth-order valence-corrected chi connectivity index (χ4v) is 5.47. The van der Waals surface area contributed by atoms with Gasteiger partial charge in [0, 0.05) is 61.3 Å². The normalized spacial score (nSPS) is 16.2. The summed E-state index contributed by atoms with van der Waals surface area (Å²) in [5.74, 6) is 0.911. The number of carbonyl (C=O) groups excluding carboxylic acids is 1. The van der Waals surface area contributed by atoms with Gasteiger partial charge in [0.05, 0.1) is 35.6 Å². The summed E-state index contributed by atoms with van der Waals surface area (Å²) in [4.78, 5) is 27.2. The number of hydrogen-bond donors (Lipinski definition) is 2. The summed E-state index contributed by atoms with van der Waals surface area (Å²) in [6, 6.07) is 19.1. The second kappa shape index (κ2) is 11.0. The van der Waals surface area contributed by atoms with Crippen molar-refractivity contribution in [3.63, 3.8) is 0 Å². The molecule has 0 unspecified atom stereocenters. The van der Waals surface area contributed by atoms with Crippen LogP contribution in [0.1, 0.15) is 16.7 Å². The maximum Gasteiger partial charge on any atom is 0.240 e. The van der Waals surface area contributed by atoms with Crippen molar-refractivity contribution >= 4 is 45.5 Å². The Morgan fingerprint density at radius 2 is 1.85 bits per heavy atom. The molecule has 0 radical (unpaired) electrons. The Kier molecular flexibility index (Phi) is 7.23. The number of hydrogen-bond acceptors (Lipinski definition) is 6. The SMILES string of the molecule is CN1CCN(CC(=O)N(C)c2ccc(N=C(c3ccc4c(c3)OCC4)c3c(O)[nH]c4cc(Cl)ccc34)cc2)CC1. The molecule has 40 heavy (non-hydrogen) atoms. The minimum Gasteiger partial charge on any atom is -0.494 e. The standard InChI is InChI=1S/C31H32ClN5O3/c1-35-12-14-37(15-13-35)19-28(38)36(2)24-8-6-23(7-9-24)33-30(21-4-3-20-11-16-40-27(20)17-21)29-25-10-5-22(32)18-26(25)34-31(29)39/h3-10,17-18,34,39H,11-16,19H2,1-2H3. The van der Waals surface area contributed by atoms with Crippen molar-refractivity contribution in [2.75, 3.05) is 58.3 Å². The summed E-state index contributed by atoms with van der Waals surface area (Å²) < 4.78 is 5.83. The number of anilines is 1. The van der Waals surface area contributed by atoms with Crippen LogP contribution in [0, 0.1) is 0 Å². The fourth-order valence-electron chi connectivity index (χ4n) is 5.30. The average Bonchev–Trinajstić information content (AvgIpc) is 3.55. The summed E-state index contributed by atoms with van der Waals surface area (Å²) in [6.45, 7) is 4.80. The lowest BCUT2D eigenvalue weighted by atomic mass is 9.99. The van der Waals surface area contributed by atoms with Gasteiger partial charge in [0.1, 0.15) is 5.75 Å². The van der Waals surface area contributed by atoms with Gasteiger partial charge < -0.3 is 24.6 Å². The molecule has 0 aliphatic carbocycles. The number of rotatable bonds is 6. The predicted molar refractivity (Wildman–Crippen MR) is 160 cm³/mol. The van der Waals surface area contributed by atoms with Crippen LogP contribution in [0.5, 0.6) is 11.6 Å². The summed E-state index contributed by atoms with van der Waals surface area (Å²) in [5, 5.41) is 12.4. The lowest BCUT2D eigenvalue weighted by Crippen LogP contribution is -2.48. The van der Waals surface area contributed by atoms with Crippen LogP contribution in [0.2, 0.25) is 5.02 Å². The van der Waals surface area contributed by atoms with E-state index in [2.05, 4.69) is 27.9 Å². The zero-order valence-electron chi connectivity index (χ0n) is 22.7. The van der Waals surface area contributed by atoms with Crippen LogP contribution >= 0.6 is 11.6 Å². The van der Waals surface area contributed by atoms with E-state index in [4.69, 9.17) is 21.3 Å². The summed E-state index contributed by atoms with van der Waals surface area (Å²) >= 11 is 6.21. The molecule has 3 aromatic carbocycles. The number of aromatic hydroxyl groups is 1. The van der Waals surface area contributed by atoms with Gasteiger partial charge in [-0.1, -0.05) is 29.8 Å². The molecule has 2 N–H and O–H groups in total. The highest BCUT2D eigenvalue weighted by Crippen LogP contribution is 2.35. The largest absolute Gasteiger partial charge is 0.494 e. The number of halogens is 1. The Bertz CT molecular complexity index is 1590. The number of aromatic amines is 1. The highest BCUT2D eigenvalue weighted by atomic mass is 35.5. The number of aliphatic imine (C=N–C) groups is 1. The Morgan fingerprint density at radius 3 is 2.62 bits per heavy atom. The number of likely N-dealkylation sites (N-methyl/N-ethyl adjacent to an activating group) is 2. The van der Waals surface area contributed by atoms with Crippen molar-refractivity contribution in [2.24, 2.45) is 4.99 Å². The van der Waals surface area contributed by atoms with Crippen LogP contribution in [0.3, 0.4) is 0 Å². The topological polar surface area (TPSA) is 84.4 Å². The molecular formula is C31H32ClN5O3. The first-order valence-electron chi connectivity index (χ1n) is 13.5. The zero-order valence-corrected chi connectivity index (χ0v) is 23.4. The van der Waals surface area contributed by atoms with E-state index in [1.54, 1.807) is 17.0 Å². The predicted octanol–water partition coefficient (Wildman–Crippen LogP) is 4.84. The molecule has 3 heterocycles. The quantitative estimate of drug-likeness (QED) is 0.331. The third-order valence-corrected chi connectivity index (χ3v) is 7.99. The van der Waals surface area contributed by atoms with Crippen LogP contribution in [0.4, 0.5) is 11.4 Å². The van der Waals surface area contributed by atoms with Crippen LogP contribution in [-0.4, -0.2) is 84.9 Å². The van der Waals surface area contributed by atoms with Gasteiger partial charge >= 0.3 is 0 Å². The van der Waals surface area contributed by atoms with Crippen LogP contribution < -0.4 is 9.64 Å². The molecule has 0 bridgehead atoms. The minimum absolute atomic E-state index is 0.0169. The highest BCUT2D eigenvalue weighted by Gasteiger charge is 2.22. The minimum atomic E-state index is 0.0169. The Balaban J connectivity index is 1.32. The molecule has 1 saturated heterocycles. The maximum absolute atomic E-state index is 13.0. The molecule has 1 aromatic heterocycles. The number of nitrogens with zero attached hydrogens (tertiary/aromatic N) is 4. The van der Waals surface area contributed by atoms with Gasteiger partial charge in [-0.15, -0.1) is 0 Å². The van der Waals surface area contributed by atoms with E-state index in [-0.39, 0.29) is 11.8 Å². The average molecular weight is 558 g/mol. The molecule has 206 valence electrons. The van der Waals surface area contributed by atoms with Crippen molar-refractivity contribution in [1.29, 1.82) is 0 Å². The van der Waals surface area contributed by atoms with Gasteiger partial charge in [-0.2, -0.15) is 0 Å². The van der Waals surface area contributed by atoms with Crippen molar-refractivity contribution in [2.45, 2.75) is 6.42 Å². The van der Waals surface area contributed by atoms with Crippen LogP contribution in [0.15, 0.2) is 65.7 Å². The van der Waals surface area contributed by atoms with E-state index in [0.717, 1.165) is 66.1 Å².